The van der Waals surface area contributed by atoms with E-state index in [0.29, 0.717) is 25.7 Å². The number of allylic oxidation sites excluding steroid dienone is 10. The zero-order valence-electron chi connectivity index (χ0n) is 47.6. The largest absolute Gasteiger partial charge is 0.472 e. The first-order chi connectivity index (χ1) is 36.2. The summed E-state index contributed by atoms with van der Waals surface area (Å²) in [6.07, 6.45) is 61.8. The lowest BCUT2D eigenvalue weighted by molar-refractivity contribution is -0.161. The van der Waals surface area contributed by atoms with Crippen molar-refractivity contribution in [2.24, 2.45) is 0 Å². The van der Waals surface area contributed by atoms with Crippen molar-refractivity contribution in [2.75, 3.05) is 26.4 Å². The summed E-state index contributed by atoms with van der Waals surface area (Å²) < 4.78 is 39.5. The van der Waals surface area contributed by atoms with Crippen molar-refractivity contribution in [3.05, 3.63) is 60.8 Å². The Morgan fingerprint density at radius 1 is 0.392 bits per heavy atom. The van der Waals surface area contributed by atoms with E-state index in [1.807, 2.05) is 6.08 Å². The number of esters is 3. The number of phosphoric acid groups is 1. The molecule has 0 aromatic rings. The van der Waals surface area contributed by atoms with Crippen molar-refractivity contribution >= 4 is 25.7 Å². The number of hydrogen-bond acceptors (Lipinski definition) is 10. The van der Waals surface area contributed by atoms with Crippen LogP contribution in [-0.2, 0) is 42.2 Å². The van der Waals surface area contributed by atoms with Crippen LogP contribution in [0.2, 0.25) is 0 Å². The summed E-state index contributed by atoms with van der Waals surface area (Å²) >= 11 is 0. The molecule has 0 radical (unpaired) electrons. The summed E-state index contributed by atoms with van der Waals surface area (Å²) in [7, 11) is -4.76. The second-order valence-electron chi connectivity index (χ2n) is 20.1. The average molecular weight is 1060 g/mol. The molecular formula is C62H111O11P. The second-order valence-corrected chi connectivity index (χ2v) is 21.6. The molecule has 0 saturated carbocycles. The second kappa shape index (κ2) is 56.4. The van der Waals surface area contributed by atoms with E-state index in [9.17, 15) is 28.9 Å². The van der Waals surface area contributed by atoms with Crippen LogP contribution in [0, 0.1) is 0 Å². The number of aliphatic hydroxyl groups excluding tert-OH is 1. The molecule has 0 bridgehead atoms. The third kappa shape index (κ3) is 54.0. The average Bonchev–Trinajstić information content (AvgIpc) is 3.39. The SMILES string of the molecule is CC/C=C\C/C=C\C/C=C\C/C=C\C/C=C\CCCC(=O)OCC(COP(=O)(O)OCC(CO)OC(=O)CCCCCCCCCCCCCCC)OC(=O)CCCCCCCCCCCCCCCCCCC. The Hall–Kier alpha value is -2.82. The van der Waals surface area contributed by atoms with Crippen LogP contribution in [0.3, 0.4) is 0 Å². The molecular weight excluding hydrogens is 952 g/mol. The van der Waals surface area contributed by atoms with Gasteiger partial charge in [0.25, 0.3) is 0 Å². The van der Waals surface area contributed by atoms with E-state index >= 15 is 0 Å². The molecule has 0 heterocycles. The van der Waals surface area contributed by atoms with Gasteiger partial charge in [-0.15, -0.1) is 0 Å². The van der Waals surface area contributed by atoms with Gasteiger partial charge in [0.1, 0.15) is 12.7 Å². The van der Waals surface area contributed by atoms with Gasteiger partial charge in [0.05, 0.1) is 19.8 Å². The van der Waals surface area contributed by atoms with E-state index in [2.05, 4.69) is 75.5 Å². The monoisotopic (exact) mass is 1060 g/mol. The fraction of sp³-hybridized carbons (Fsp3) is 0.790. The summed E-state index contributed by atoms with van der Waals surface area (Å²) in [4.78, 5) is 48.6. The highest BCUT2D eigenvalue weighted by atomic mass is 31.2. The highest BCUT2D eigenvalue weighted by Crippen LogP contribution is 2.43. The van der Waals surface area contributed by atoms with Crippen LogP contribution >= 0.6 is 7.82 Å². The molecule has 0 aromatic carbocycles. The molecule has 0 aliphatic heterocycles. The van der Waals surface area contributed by atoms with Crippen molar-refractivity contribution in [2.45, 2.75) is 290 Å². The Morgan fingerprint density at radius 3 is 1.07 bits per heavy atom. The smallest absolute Gasteiger partial charge is 0.462 e. The summed E-state index contributed by atoms with van der Waals surface area (Å²) in [5.74, 6) is -1.52. The molecule has 0 saturated heterocycles. The number of hydrogen-bond donors (Lipinski definition) is 2. The summed E-state index contributed by atoms with van der Waals surface area (Å²) in [6, 6.07) is 0. The highest BCUT2D eigenvalue weighted by Gasteiger charge is 2.28. The first kappa shape index (κ1) is 71.2. The number of phosphoric ester groups is 1. The summed E-state index contributed by atoms with van der Waals surface area (Å²) in [5, 5.41) is 9.82. The maximum atomic E-state index is 12.9. The summed E-state index contributed by atoms with van der Waals surface area (Å²) in [5.41, 5.74) is 0. The van der Waals surface area contributed by atoms with Crippen LogP contribution in [0.4, 0.5) is 0 Å². The van der Waals surface area contributed by atoms with E-state index in [0.717, 1.165) is 70.6 Å². The number of carbonyl (C=O) groups is 3. The van der Waals surface area contributed by atoms with E-state index in [1.165, 1.54) is 141 Å². The molecule has 430 valence electrons. The van der Waals surface area contributed by atoms with E-state index in [4.69, 9.17) is 23.3 Å². The Kier molecular flexibility index (Phi) is 54.2. The maximum Gasteiger partial charge on any atom is 0.472 e. The Labute approximate surface area is 453 Å². The normalized spacial score (nSPS) is 13.7. The van der Waals surface area contributed by atoms with Crippen LogP contribution < -0.4 is 0 Å². The molecule has 0 aliphatic rings. The maximum absolute atomic E-state index is 12.9. The lowest BCUT2D eigenvalue weighted by atomic mass is 10.0. The molecule has 0 aromatic heterocycles. The minimum absolute atomic E-state index is 0.150. The van der Waals surface area contributed by atoms with Crippen molar-refractivity contribution in [1.82, 2.24) is 0 Å². The minimum atomic E-state index is -4.76. The molecule has 3 unspecified atom stereocenters. The van der Waals surface area contributed by atoms with E-state index < -0.39 is 57.8 Å². The third-order valence-electron chi connectivity index (χ3n) is 13.0. The van der Waals surface area contributed by atoms with Gasteiger partial charge in [0, 0.05) is 19.3 Å². The topological polar surface area (TPSA) is 155 Å². The predicted octanol–water partition coefficient (Wildman–Crippen LogP) is 17.9. The lowest BCUT2D eigenvalue weighted by Crippen LogP contribution is -2.30. The van der Waals surface area contributed by atoms with Crippen molar-refractivity contribution in [3.8, 4) is 0 Å². The van der Waals surface area contributed by atoms with Gasteiger partial charge >= 0.3 is 25.7 Å². The van der Waals surface area contributed by atoms with Gasteiger partial charge in [-0.25, -0.2) is 4.57 Å². The number of rotatable bonds is 56. The molecule has 0 spiro atoms. The third-order valence-corrected chi connectivity index (χ3v) is 13.9. The molecule has 12 heteroatoms. The molecule has 0 fully saturated rings. The van der Waals surface area contributed by atoms with Crippen LogP contribution in [-0.4, -0.2) is 66.5 Å². The Bertz CT molecular complexity index is 1470. The lowest BCUT2D eigenvalue weighted by Gasteiger charge is -2.21. The molecule has 0 rings (SSSR count). The fourth-order valence-electron chi connectivity index (χ4n) is 8.39. The zero-order chi connectivity index (χ0) is 54.1. The van der Waals surface area contributed by atoms with Gasteiger partial charge in [-0.1, -0.05) is 261 Å². The van der Waals surface area contributed by atoms with Gasteiger partial charge in [0.15, 0.2) is 6.10 Å². The van der Waals surface area contributed by atoms with E-state index in [-0.39, 0.29) is 25.9 Å². The number of aliphatic hydroxyl groups is 1. The number of ether oxygens (including phenoxy) is 3. The zero-order valence-corrected chi connectivity index (χ0v) is 48.5. The van der Waals surface area contributed by atoms with Crippen LogP contribution in [0.15, 0.2) is 60.8 Å². The quantitative estimate of drug-likeness (QED) is 0.0197. The first-order valence-electron chi connectivity index (χ1n) is 30.2. The van der Waals surface area contributed by atoms with Crippen molar-refractivity contribution in [1.29, 1.82) is 0 Å². The fourth-order valence-corrected chi connectivity index (χ4v) is 9.18. The van der Waals surface area contributed by atoms with Crippen LogP contribution in [0.1, 0.15) is 278 Å². The molecule has 74 heavy (non-hydrogen) atoms. The standard InChI is InChI=1S/C62H111O11P/c1-4-7-10-13-16-19-22-25-27-29-31-34-36-39-42-45-48-51-60(64)69-55-59(73-62(66)53-50-47-44-41-38-35-32-30-28-26-23-20-17-14-11-8-5-2)57-71-74(67,68)70-56-58(54-63)72-61(65)52-49-46-43-40-37-33-24-21-18-15-12-9-6-3/h7,10,16,19,25,27,31,34,39,42,58-59,63H,4-6,8-9,11-15,17-18,20-24,26,28-30,32-33,35-38,40-41,43-57H2,1-3H3,(H,67,68)/b10-7-,19-16-,27-25-,34-31-,42-39-. The Balaban J connectivity index is 4.77. The Morgan fingerprint density at radius 2 is 0.703 bits per heavy atom. The highest BCUT2D eigenvalue weighted by molar-refractivity contribution is 7.47. The van der Waals surface area contributed by atoms with Crippen molar-refractivity contribution in [3.63, 3.8) is 0 Å². The van der Waals surface area contributed by atoms with Crippen LogP contribution in [0.5, 0.6) is 0 Å². The van der Waals surface area contributed by atoms with Gasteiger partial charge in [0.2, 0.25) is 0 Å². The van der Waals surface area contributed by atoms with Crippen molar-refractivity contribution < 1.29 is 52.2 Å². The number of carbonyl (C=O) groups excluding carboxylic acids is 3. The molecule has 2 N–H and O–H groups in total. The number of unbranched alkanes of at least 4 members (excludes halogenated alkanes) is 29. The van der Waals surface area contributed by atoms with E-state index in [1.54, 1.807) is 0 Å². The predicted molar refractivity (Wildman–Crippen MR) is 307 cm³/mol. The molecule has 11 nitrogen and oxygen atoms in total. The molecule has 0 aliphatic carbocycles. The minimum Gasteiger partial charge on any atom is -0.462 e. The summed E-state index contributed by atoms with van der Waals surface area (Å²) in [6.45, 7) is 4.51. The molecule has 0 amide bonds. The van der Waals surface area contributed by atoms with Crippen LogP contribution in [0.25, 0.3) is 0 Å². The van der Waals surface area contributed by atoms with Gasteiger partial charge < -0.3 is 24.2 Å². The van der Waals surface area contributed by atoms with Gasteiger partial charge in [-0.2, -0.15) is 0 Å². The first-order valence-corrected chi connectivity index (χ1v) is 31.7. The van der Waals surface area contributed by atoms with Gasteiger partial charge in [-0.05, 0) is 57.8 Å². The van der Waals surface area contributed by atoms with Gasteiger partial charge in [-0.3, -0.25) is 23.4 Å². The molecule has 3 atom stereocenters.